The Morgan fingerprint density at radius 1 is 1.32 bits per heavy atom. The molecule has 0 unspecified atom stereocenters. The number of amides is 1. The van der Waals surface area contributed by atoms with Crippen LogP contribution in [-0.2, 0) is 22.4 Å². The van der Waals surface area contributed by atoms with Crippen molar-refractivity contribution in [1.82, 2.24) is 15.2 Å². The van der Waals surface area contributed by atoms with E-state index in [4.69, 9.17) is 4.84 Å². The van der Waals surface area contributed by atoms with Gasteiger partial charge >= 0.3 is 12.1 Å². The van der Waals surface area contributed by atoms with Crippen molar-refractivity contribution in [3.05, 3.63) is 35.7 Å². The zero-order valence-electron chi connectivity index (χ0n) is 11.7. The van der Waals surface area contributed by atoms with Gasteiger partial charge in [-0.05, 0) is 5.56 Å². The fourth-order valence-electron chi connectivity index (χ4n) is 1.69. The first-order valence-corrected chi connectivity index (χ1v) is 6.13. The molecule has 0 aliphatic rings. The quantitative estimate of drug-likeness (QED) is 0.811. The minimum Gasteiger partial charge on any atom is -0.329 e. The zero-order valence-corrected chi connectivity index (χ0v) is 11.7. The second-order valence-corrected chi connectivity index (χ2v) is 4.36. The monoisotopic (exact) mass is 315 g/mol. The Labute approximate surface area is 123 Å². The molecule has 2 rings (SSSR count). The fraction of sp³-hybridized carbons (Fsp3) is 0.308. The lowest BCUT2D eigenvalue weighted by Gasteiger charge is -2.17. The Morgan fingerprint density at radius 3 is 2.41 bits per heavy atom. The molecule has 1 aromatic heterocycles. The molecule has 0 saturated heterocycles. The van der Waals surface area contributed by atoms with Crippen LogP contribution in [0.4, 0.5) is 13.2 Å². The molecule has 0 bridgehead atoms. The van der Waals surface area contributed by atoms with Gasteiger partial charge in [0, 0.05) is 12.5 Å². The number of hydrogen-bond acceptors (Lipinski definition) is 5. The summed E-state index contributed by atoms with van der Waals surface area (Å²) in [7, 11) is 1.37. The van der Waals surface area contributed by atoms with Crippen LogP contribution in [0.5, 0.6) is 0 Å². The molecule has 1 amide bonds. The number of aromatic nitrogens is 2. The first kappa shape index (κ1) is 16.0. The smallest absolute Gasteiger partial charge is 0.329 e. The maximum Gasteiger partial charge on any atom is 0.471 e. The molecule has 2 aromatic rings. The lowest BCUT2D eigenvalue weighted by Crippen LogP contribution is -2.26. The number of carbonyl (C=O) groups excluding carboxylic acids is 1. The lowest BCUT2D eigenvalue weighted by molar-refractivity contribution is -0.176. The minimum absolute atomic E-state index is 0.158. The van der Waals surface area contributed by atoms with Crippen LogP contribution in [0.15, 0.2) is 28.8 Å². The van der Waals surface area contributed by atoms with Crippen molar-refractivity contribution in [2.45, 2.75) is 19.6 Å². The Morgan fingerprint density at radius 2 is 1.95 bits per heavy atom. The van der Waals surface area contributed by atoms with E-state index in [-0.39, 0.29) is 18.3 Å². The van der Waals surface area contributed by atoms with Gasteiger partial charge in [-0.3, -0.25) is 9.63 Å². The molecular weight excluding hydrogens is 303 g/mol. The Bertz CT molecular complexity index is 653. The third-order valence-corrected chi connectivity index (χ3v) is 2.78. The van der Waals surface area contributed by atoms with E-state index < -0.39 is 12.1 Å². The van der Waals surface area contributed by atoms with E-state index in [0.29, 0.717) is 5.56 Å². The topological polar surface area (TPSA) is 68.5 Å². The summed E-state index contributed by atoms with van der Waals surface area (Å²) in [6, 6.07) is 6.34. The van der Waals surface area contributed by atoms with Gasteiger partial charge in [-0.25, -0.2) is 5.06 Å². The normalized spacial score (nSPS) is 11.5. The Balaban J connectivity index is 2.15. The van der Waals surface area contributed by atoms with E-state index in [1.807, 2.05) is 0 Å². The largest absolute Gasteiger partial charge is 0.471 e. The van der Waals surface area contributed by atoms with Gasteiger partial charge in [0.05, 0.1) is 13.7 Å². The van der Waals surface area contributed by atoms with Crippen molar-refractivity contribution in [1.29, 1.82) is 0 Å². The fourth-order valence-corrected chi connectivity index (χ4v) is 1.69. The molecule has 0 fully saturated rings. The molecule has 0 aliphatic heterocycles. The summed E-state index contributed by atoms with van der Waals surface area (Å²) in [5.74, 6) is -1.82. The number of hydrogen-bond donors (Lipinski definition) is 0. The first-order chi connectivity index (χ1) is 10.3. The van der Waals surface area contributed by atoms with Gasteiger partial charge in [-0.15, -0.1) is 0 Å². The molecule has 22 heavy (non-hydrogen) atoms. The first-order valence-electron chi connectivity index (χ1n) is 6.13. The molecule has 1 aromatic carbocycles. The molecule has 0 spiro atoms. The molecule has 0 saturated carbocycles. The molecule has 9 heteroatoms. The lowest BCUT2D eigenvalue weighted by atomic mass is 10.1. The second kappa shape index (κ2) is 6.14. The van der Waals surface area contributed by atoms with E-state index >= 15 is 0 Å². The van der Waals surface area contributed by atoms with Gasteiger partial charge in [0.2, 0.25) is 11.7 Å². The van der Waals surface area contributed by atoms with Crippen LogP contribution >= 0.6 is 0 Å². The van der Waals surface area contributed by atoms with E-state index in [1.165, 1.54) is 26.2 Å². The number of benzene rings is 1. The standard InChI is InChI=1S/C13H12F3N3O3/c1-8(20)19(21-2)7-9-3-5-10(6-4-9)11-17-12(22-18-11)13(14,15)16/h3-6H,7H2,1-2H3. The summed E-state index contributed by atoms with van der Waals surface area (Å²) >= 11 is 0. The van der Waals surface area contributed by atoms with Crippen LogP contribution in [0, 0.1) is 0 Å². The second-order valence-electron chi connectivity index (χ2n) is 4.36. The van der Waals surface area contributed by atoms with Crippen molar-refractivity contribution < 1.29 is 27.3 Å². The number of nitrogens with zero attached hydrogens (tertiary/aromatic N) is 3. The highest BCUT2D eigenvalue weighted by Gasteiger charge is 2.38. The van der Waals surface area contributed by atoms with E-state index in [9.17, 15) is 18.0 Å². The number of rotatable bonds is 4. The minimum atomic E-state index is -4.67. The van der Waals surface area contributed by atoms with E-state index in [0.717, 1.165) is 10.6 Å². The van der Waals surface area contributed by atoms with Crippen LogP contribution in [0.1, 0.15) is 18.4 Å². The predicted molar refractivity (Wildman–Crippen MR) is 68.0 cm³/mol. The van der Waals surface area contributed by atoms with Crippen molar-refractivity contribution in [2.75, 3.05) is 7.11 Å². The van der Waals surface area contributed by atoms with Gasteiger partial charge in [-0.1, -0.05) is 29.4 Å². The van der Waals surface area contributed by atoms with Gasteiger partial charge in [0.15, 0.2) is 0 Å². The predicted octanol–water partition coefficient (Wildman–Crippen LogP) is 2.67. The Hall–Kier alpha value is -2.42. The van der Waals surface area contributed by atoms with Crippen molar-refractivity contribution >= 4 is 5.91 Å². The summed E-state index contributed by atoms with van der Waals surface area (Å²) in [5.41, 5.74) is 1.11. The molecule has 6 nitrogen and oxygen atoms in total. The molecule has 1 heterocycles. The zero-order chi connectivity index (χ0) is 16.3. The van der Waals surface area contributed by atoms with Crippen molar-refractivity contribution in [3.63, 3.8) is 0 Å². The highest BCUT2D eigenvalue weighted by molar-refractivity contribution is 5.72. The molecule has 118 valence electrons. The third-order valence-electron chi connectivity index (χ3n) is 2.78. The number of carbonyl (C=O) groups is 1. The van der Waals surface area contributed by atoms with E-state index in [1.54, 1.807) is 12.1 Å². The molecule has 0 atom stereocenters. The molecule has 0 radical (unpaired) electrons. The van der Waals surface area contributed by atoms with Crippen molar-refractivity contribution in [2.24, 2.45) is 0 Å². The summed E-state index contributed by atoms with van der Waals surface area (Å²) in [6.45, 7) is 1.57. The third kappa shape index (κ3) is 3.61. The van der Waals surface area contributed by atoms with Crippen LogP contribution in [0.2, 0.25) is 0 Å². The molecular formula is C13H12F3N3O3. The number of alkyl halides is 3. The SMILES string of the molecule is CON(Cc1ccc(-c2noc(C(F)(F)F)n2)cc1)C(C)=O. The average molecular weight is 315 g/mol. The van der Waals surface area contributed by atoms with Crippen LogP contribution in [0.3, 0.4) is 0 Å². The van der Waals surface area contributed by atoms with Gasteiger partial charge in [-0.2, -0.15) is 18.2 Å². The van der Waals surface area contributed by atoms with Gasteiger partial charge < -0.3 is 4.52 Å². The summed E-state index contributed by atoms with van der Waals surface area (Å²) in [5, 5.41) is 4.44. The van der Waals surface area contributed by atoms with Crippen LogP contribution in [0.25, 0.3) is 11.4 Å². The van der Waals surface area contributed by atoms with E-state index in [2.05, 4.69) is 14.7 Å². The van der Waals surface area contributed by atoms with Gasteiger partial charge in [0.25, 0.3) is 0 Å². The Kier molecular flexibility index (Phi) is 4.45. The summed E-state index contributed by atoms with van der Waals surface area (Å²) in [4.78, 5) is 19.4. The number of halogens is 3. The van der Waals surface area contributed by atoms with Crippen LogP contribution < -0.4 is 0 Å². The molecule has 0 N–H and O–H groups in total. The van der Waals surface area contributed by atoms with Gasteiger partial charge in [0.1, 0.15) is 0 Å². The maximum atomic E-state index is 12.4. The molecule has 0 aliphatic carbocycles. The van der Waals surface area contributed by atoms with Crippen molar-refractivity contribution in [3.8, 4) is 11.4 Å². The average Bonchev–Trinajstić information content (AvgIpc) is 2.95. The summed E-state index contributed by atoms with van der Waals surface area (Å²) in [6.07, 6.45) is -4.67. The highest BCUT2D eigenvalue weighted by atomic mass is 19.4. The van der Waals surface area contributed by atoms with Crippen LogP contribution in [-0.4, -0.2) is 28.2 Å². The summed E-state index contributed by atoms with van der Waals surface area (Å²) < 4.78 is 41.3. The number of hydroxylamine groups is 2. The highest BCUT2D eigenvalue weighted by Crippen LogP contribution is 2.29. The maximum absolute atomic E-state index is 12.4.